The van der Waals surface area contributed by atoms with Crippen molar-refractivity contribution in [2.45, 2.75) is 26.1 Å². The van der Waals surface area contributed by atoms with Gasteiger partial charge < -0.3 is 23.8 Å². The van der Waals surface area contributed by atoms with Crippen LogP contribution in [0.3, 0.4) is 0 Å². The number of hydrogen-bond acceptors (Lipinski definition) is 6. The minimum atomic E-state index is -0.115. The Balaban J connectivity index is 1.46. The summed E-state index contributed by atoms with van der Waals surface area (Å²) in [5.41, 5.74) is 3.84. The Kier molecular flexibility index (Phi) is 7.33. The summed E-state index contributed by atoms with van der Waals surface area (Å²) in [7, 11) is 3.25. The maximum absolute atomic E-state index is 12.9. The highest BCUT2D eigenvalue weighted by Crippen LogP contribution is 2.40. The van der Waals surface area contributed by atoms with Gasteiger partial charge >= 0.3 is 0 Å². The molecule has 1 amide bonds. The van der Waals surface area contributed by atoms with Gasteiger partial charge in [0, 0.05) is 25.2 Å². The van der Waals surface area contributed by atoms with Crippen molar-refractivity contribution in [3.8, 4) is 11.5 Å². The van der Waals surface area contributed by atoms with Gasteiger partial charge in [-0.05, 0) is 47.9 Å². The molecule has 0 radical (unpaired) electrons. The maximum atomic E-state index is 12.9. The number of amides is 1. The highest BCUT2D eigenvalue weighted by Gasteiger charge is 2.32. The van der Waals surface area contributed by atoms with Crippen LogP contribution < -0.4 is 9.47 Å². The van der Waals surface area contributed by atoms with E-state index in [1.165, 1.54) is 0 Å². The Morgan fingerprint density at radius 3 is 2.70 bits per heavy atom. The molecule has 8 heteroatoms. The van der Waals surface area contributed by atoms with E-state index in [0.29, 0.717) is 37.1 Å². The molecule has 4 rings (SSSR count). The molecule has 0 saturated heterocycles. The second-order valence-corrected chi connectivity index (χ2v) is 8.28. The maximum Gasteiger partial charge on any atom is 0.249 e. The van der Waals surface area contributed by atoms with Crippen LogP contribution in [0.1, 0.15) is 29.7 Å². The summed E-state index contributed by atoms with van der Waals surface area (Å²) >= 11 is 6.38. The number of ether oxygens (including phenoxy) is 4. The average molecular weight is 471 g/mol. The number of carbonyl (C=O) groups is 1. The second-order valence-electron chi connectivity index (χ2n) is 7.88. The molecule has 0 bridgehead atoms. The van der Waals surface area contributed by atoms with Gasteiger partial charge in [0.25, 0.3) is 0 Å². The molecular weight excluding hydrogens is 444 g/mol. The standard InChI is InChI=1S/C25H27ClN2O5/c1-16-25-18(12-27-22-11-21(26)23(10-20(22)25)33-9-8-30-2)13-28(16)24(29)15-32-14-17-4-6-19(31-3)7-5-17/h4-7,10-12,16H,8-9,13-15H2,1-3H3/t16-/m0/s1. The molecule has 0 aliphatic carbocycles. The molecule has 174 valence electrons. The number of benzene rings is 2. The van der Waals surface area contributed by atoms with E-state index in [1.807, 2.05) is 48.4 Å². The molecule has 1 aromatic heterocycles. The topological polar surface area (TPSA) is 70.1 Å². The molecule has 2 aromatic carbocycles. The zero-order chi connectivity index (χ0) is 23.4. The Morgan fingerprint density at radius 1 is 1.18 bits per heavy atom. The third-order valence-corrected chi connectivity index (χ3v) is 6.09. The van der Waals surface area contributed by atoms with E-state index in [1.54, 1.807) is 20.3 Å². The van der Waals surface area contributed by atoms with Crippen LogP contribution in [0.25, 0.3) is 10.9 Å². The van der Waals surface area contributed by atoms with Crippen LogP contribution >= 0.6 is 11.6 Å². The monoisotopic (exact) mass is 470 g/mol. The first-order valence-electron chi connectivity index (χ1n) is 10.7. The van der Waals surface area contributed by atoms with Crippen molar-refractivity contribution in [3.05, 3.63) is 64.3 Å². The molecule has 0 spiro atoms. The van der Waals surface area contributed by atoms with Crippen LogP contribution in [0.4, 0.5) is 0 Å². The van der Waals surface area contributed by atoms with Crippen molar-refractivity contribution >= 4 is 28.4 Å². The Bertz CT molecular complexity index is 1140. The van der Waals surface area contributed by atoms with Crippen molar-refractivity contribution in [1.82, 2.24) is 9.88 Å². The highest BCUT2D eigenvalue weighted by molar-refractivity contribution is 6.32. The number of methoxy groups -OCH3 is 2. The molecule has 0 fully saturated rings. The third-order valence-electron chi connectivity index (χ3n) is 5.79. The number of halogens is 1. The number of fused-ring (bicyclic) bond motifs is 3. The van der Waals surface area contributed by atoms with Crippen LogP contribution in [0.15, 0.2) is 42.6 Å². The van der Waals surface area contributed by atoms with Crippen molar-refractivity contribution in [2.75, 3.05) is 34.0 Å². The Labute approximate surface area is 198 Å². The minimum absolute atomic E-state index is 0.00687. The first-order chi connectivity index (χ1) is 16.0. The summed E-state index contributed by atoms with van der Waals surface area (Å²) in [5, 5.41) is 1.43. The van der Waals surface area contributed by atoms with E-state index in [-0.39, 0.29) is 18.6 Å². The molecule has 1 aliphatic heterocycles. The van der Waals surface area contributed by atoms with Crippen LogP contribution in [0.5, 0.6) is 11.5 Å². The molecule has 3 aromatic rings. The normalized spacial score (nSPS) is 15.0. The van der Waals surface area contributed by atoms with E-state index in [9.17, 15) is 4.79 Å². The summed E-state index contributed by atoms with van der Waals surface area (Å²) in [6.07, 6.45) is 1.82. The van der Waals surface area contributed by atoms with Crippen molar-refractivity contribution in [2.24, 2.45) is 0 Å². The van der Waals surface area contributed by atoms with Crippen molar-refractivity contribution in [1.29, 1.82) is 0 Å². The summed E-state index contributed by atoms with van der Waals surface area (Å²) in [6.45, 7) is 3.74. The zero-order valence-corrected chi connectivity index (χ0v) is 19.7. The minimum Gasteiger partial charge on any atom is -0.497 e. The molecular formula is C25H27ClN2O5. The van der Waals surface area contributed by atoms with Crippen molar-refractivity contribution < 1.29 is 23.7 Å². The van der Waals surface area contributed by atoms with Gasteiger partial charge in [-0.3, -0.25) is 9.78 Å². The fraction of sp³-hybridized carbons (Fsp3) is 0.360. The van der Waals surface area contributed by atoms with Gasteiger partial charge in [-0.25, -0.2) is 0 Å². The zero-order valence-electron chi connectivity index (χ0n) is 19.0. The van der Waals surface area contributed by atoms with E-state index < -0.39 is 0 Å². The first kappa shape index (κ1) is 23.3. The number of rotatable bonds is 9. The fourth-order valence-electron chi connectivity index (χ4n) is 4.06. The Hall–Kier alpha value is -2.87. The molecule has 7 nitrogen and oxygen atoms in total. The van der Waals surface area contributed by atoms with Crippen LogP contribution in [-0.4, -0.2) is 49.8 Å². The summed E-state index contributed by atoms with van der Waals surface area (Å²) in [4.78, 5) is 19.3. The van der Waals surface area contributed by atoms with E-state index in [0.717, 1.165) is 33.3 Å². The van der Waals surface area contributed by atoms with E-state index >= 15 is 0 Å². The molecule has 1 aliphatic rings. The second kappa shape index (κ2) is 10.4. The lowest BCUT2D eigenvalue weighted by Crippen LogP contribution is -2.31. The van der Waals surface area contributed by atoms with E-state index in [4.69, 9.17) is 30.5 Å². The van der Waals surface area contributed by atoms with Gasteiger partial charge in [0.05, 0.1) is 36.9 Å². The summed E-state index contributed by atoms with van der Waals surface area (Å²) in [5.74, 6) is 1.30. The third kappa shape index (κ3) is 5.05. The van der Waals surface area contributed by atoms with Gasteiger partial charge in [-0.15, -0.1) is 0 Å². The van der Waals surface area contributed by atoms with Gasteiger partial charge in [0.2, 0.25) is 5.91 Å². The SMILES string of the molecule is COCCOc1cc2c3c(cnc2cc1Cl)CN(C(=O)COCc1ccc(OC)cc1)[C@H]3C. The predicted octanol–water partition coefficient (Wildman–Crippen LogP) is 4.54. The first-order valence-corrected chi connectivity index (χ1v) is 11.1. The van der Waals surface area contributed by atoms with Gasteiger partial charge in [0.15, 0.2) is 0 Å². The Morgan fingerprint density at radius 2 is 1.97 bits per heavy atom. The van der Waals surface area contributed by atoms with Gasteiger partial charge in [-0.1, -0.05) is 23.7 Å². The molecule has 0 N–H and O–H groups in total. The lowest BCUT2D eigenvalue weighted by atomic mass is 10.0. The molecule has 1 atom stereocenters. The number of aromatic nitrogens is 1. The largest absolute Gasteiger partial charge is 0.497 e. The lowest BCUT2D eigenvalue weighted by Gasteiger charge is -2.22. The molecule has 0 saturated carbocycles. The molecule has 2 heterocycles. The van der Waals surface area contributed by atoms with Crippen LogP contribution in [0, 0.1) is 0 Å². The van der Waals surface area contributed by atoms with Crippen LogP contribution in [0.2, 0.25) is 5.02 Å². The number of carbonyl (C=O) groups excluding carboxylic acids is 1. The number of pyridine rings is 1. The summed E-state index contributed by atoms with van der Waals surface area (Å²) < 4.78 is 21.7. The fourth-order valence-corrected chi connectivity index (χ4v) is 4.27. The van der Waals surface area contributed by atoms with Gasteiger partial charge in [0.1, 0.15) is 24.7 Å². The molecule has 33 heavy (non-hydrogen) atoms. The van der Waals surface area contributed by atoms with Crippen LogP contribution in [-0.2, 0) is 27.4 Å². The lowest BCUT2D eigenvalue weighted by molar-refractivity contribution is -0.138. The number of hydrogen-bond donors (Lipinski definition) is 0. The van der Waals surface area contributed by atoms with Gasteiger partial charge in [-0.2, -0.15) is 0 Å². The predicted molar refractivity (Wildman–Crippen MR) is 126 cm³/mol. The smallest absolute Gasteiger partial charge is 0.249 e. The van der Waals surface area contributed by atoms with Crippen molar-refractivity contribution in [3.63, 3.8) is 0 Å². The number of nitrogens with zero attached hydrogens (tertiary/aromatic N) is 2. The summed E-state index contributed by atoms with van der Waals surface area (Å²) in [6, 6.07) is 11.2. The van der Waals surface area contributed by atoms with E-state index in [2.05, 4.69) is 4.98 Å². The molecule has 0 unspecified atom stereocenters. The highest BCUT2D eigenvalue weighted by atomic mass is 35.5. The average Bonchev–Trinajstić information content (AvgIpc) is 3.17. The quantitative estimate of drug-likeness (QED) is 0.427.